The predicted molar refractivity (Wildman–Crippen MR) is 86.4 cm³/mol. The lowest BCUT2D eigenvalue weighted by atomic mass is 10.2. The normalized spacial score (nSPS) is 12.1. The summed E-state index contributed by atoms with van der Waals surface area (Å²) < 4.78 is 5.53. The molecular weight excluding hydrogens is 266 g/mol. The minimum Gasteiger partial charge on any atom is -0.444 e. The highest BCUT2D eigenvalue weighted by Crippen LogP contribution is 2.15. The minimum absolute atomic E-state index is 0.219. The summed E-state index contributed by atoms with van der Waals surface area (Å²) in [4.78, 5) is 14.2. The van der Waals surface area contributed by atoms with Crippen molar-refractivity contribution in [1.29, 1.82) is 0 Å². The maximum atomic E-state index is 12.4. The summed E-state index contributed by atoms with van der Waals surface area (Å²) in [5, 5.41) is 0. The van der Waals surface area contributed by atoms with Crippen LogP contribution in [0.2, 0.25) is 19.6 Å². The van der Waals surface area contributed by atoms with Crippen LogP contribution in [0.1, 0.15) is 26.3 Å². The van der Waals surface area contributed by atoms with Gasteiger partial charge in [0.05, 0.1) is 8.07 Å². The zero-order chi connectivity index (χ0) is 15.4. The molecule has 0 atom stereocenters. The van der Waals surface area contributed by atoms with Crippen LogP contribution in [0.15, 0.2) is 30.3 Å². The van der Waals surface area contributed by atoms with Crippen LogP contribution in [0, 0.1) is 0 Å². The molecule has 0 aliphatic heterocycles. The van der Waals surface area contributed by atoms with Gasteiger partial charge >= 0.3 is 6.09 Å². The molecule has 1 amide bonds. The van der Waals surface area contributed by atoms with E-state index in [9.17, 15) is 4.79 Å². The summed E-state index contributed by atoms with van der Waals surface area (Å²) >= 11 is 0. The zero-order valence-corrected chi connectivity index (χ0v) is 14.6. The van der Waals surface area contributed by atoms with Crippen molar-refractivity contribution >= 4 is 14.2 Å². The lowest BCUT2D eigenvalue weighted by Gasteiger charge is -2.31. The number of rotatable bonds is 4. The van der Waals surface area contributed by atoms with E-state index < -0.39 is 13.7 Å². The second-order valence-corrected chi connectivity index (χ2v) is 12.8. The molecule has 20 heavy (non-hydrogen) atoms. The first kappa shape index (κ1) is 16.8. The van der Waals surface area contributed by atoms with Crippen LogP contribution in [0.3, 0.4) is 0 Å². The smallest absolute Gasteiger partial charge is 0.410 e. The highest BCUT2D eigenvalue weighted by molar-refractivity contribution is 6.76. The summed E-state index contributed by atoms with van der Waals surface area (Å²) in [7, 11) is -1.39. The van der Waals surface area contributed by atoms with Crippen molar-refractivity contribution in [2.75, 3.05) is 6.17 Å². The van der Waals surface area contributed by atoms with Gasteiger partial charge < -0.3 is 9.64 Å². The fourth-order valence-corrected chi connectivity index (χ4v) is 3.27. The molecule has 3 nitrogen and oxygen atoms in total. The molecule has 0 saturated heterocycles. The van der Waals surface area contributed by atoms with Gasteiger partial charge in [-0.05, 0) is 26.3 Å². The molecule has 0 aromatic heterocycles. The van der Waals surface area contributed by atoms with Crippen LogP contribution < -0.4 is 0 Å². The number of hydrogen-bond acceptors (Lipinski definition) is 2. The number of hydrogen-bond donors (Lipinski definition) is 0. The van der Waals surface area contributed by atoms with E-state index in [1.807, 2.05) is 56.0 Å². The largest absolute Gasteiger partial charge is 0.444 e. The van der Waals surface area contributed by atoms with Crippen LogP contribution in [0.5, 0.6) is 0 Å². The maximum Gasteiger partial charge on any atom is 0.410 e. The Balaban J connectivity index is 2.83. The number of carbonyl (C=O) groups excluding carboxylic acids is 1. The summed E-state index contributed by atoms with van der Waals surface area (Å²) in [5.41, 5.74) is 0.683. The molecule has 1 rings (SSSR count). The second kappa shape index (κ2) is 6.44. The van der Waals surface area contributed by atoms with Gasteiger partial charge in [-0.3, -0.25) is 0 Å². The standard InChI is InChI=1S/C16H27NO2Si/c1-16(2,3)19-15(18)17(13-20(4,5)6)12-14-10-8-7-9-11-14/h7-11H,12-13H2,1-6H3. The van der Waals surface area contributed by atoms with Crippen molar-refractivity contribution in [3.8, 4) is 0 Å². The summed E-state index contributed by atoms with van der Waals surface area (Å²) in [5.74, 6) is 0. The fraction of sp³-hybridized carbons (Fsp3) is 0.562. The van der Waals surface area contributed by atoms with Gasteiger partial charge in [-0.25, -0.2) is 4.79 Å². The highest BCUT2D eigenvalue weighted by Gasteiger charge is 2.26. The topological polar surface area (TPSA) is 29.5 Å². The molecular formula is C16H27NO2Si. The predicted octanol–water partition coefficient (Wildman–Crippen LogP) is 4.30. The average molecular weight is 293 g/mol. The molecule has 0 aliphatic carbocycles. The molecule has 0 unspecified atom stereocenters. The van der Waals surface area contributed by atoms with Gasteiger partial charge in [0.1, 0.15) is 5.60 Å². The van der Waals surface area contributed by atoms with E-state index in [4.69, 9.17) is 4.74 Å². The number of nitrogens with zero attached hydrogens (tertiary/aromatic N) is 1. The number of carbonyl (C=O) groups is 1. The molecule has 4 heteroatoms. The van der Waals surface area contributed by atoms with E-state index in [-0.39, 0.29) is 6.09 Å². The fourth-order valence-electron chi connectivity index (χ4n) is 1.89. The van der Waals surface area contributed by atoms with E-state index in [0.717, 1.165) is 11.7 Å². The van der Waals surface area contributed by atoms with Gasteiger partial charge in [0.25, 0.3) is 0 Å². The van der Waals surface area contributed by atoms with Gasteiger partial charge in [0, 0.05) is 12.7 Å². The Kier molecular flexibility index (Phi) is 5.40. The number of benzene rings is 1. The van der Waals surface area contributed by atoms with Crippen molar-refractivity contribution in [1.82, 2.24) is 4.90 Å². The van der Waals surface area contributed by atoms with Crippen molar-refractivity contribution in [3.63, 3.8) is 0 Å². The van der Waals surface area contributed by atoms with Crippen LogP contribution in [0.25, 0.3) is 0 Å². The Morgan fingerprint density at radius 1 is 1.15 bits per heavy atom. The Morgan fingerprint density at radius 2 is 1.70 bits per heavy atom. The maximum absolute atomic E-state index is 12.4. The molecule has 112 valence electrons. The molecule has 0 heterocycles. The van der Waals surface area contributed by atoms with Gasteiger partial charge in [0.2, 0.25) is 0 Å². The molecule has 0 radical (unpaired) electrons. The zero-order valence-electron chi connectivity index (χ0n) is 13.6. The summed E-state index contributed by atoms with van der Waals surface area (Å²) in [6.45, 7) is 13.1. The molecule has 0 aliphatic rings. The highest BCUT2D eigenvalue weighted by atomic mass is 28.3. The van der Waals surface area contributed by atoms with E-state index in [1.54, 1.807) is 0 Å². The third-order valence-electron chi connectivity index (χ3n) is 2.53. The minimum atomic E-state index is -1.39. The summed E-state index contributed by atoms with van der Waals surface area (Å²) in [6.07, 6.45) is 0.584. The van der Waals surface area contributed by atoms with Gasteiger partial charge in [0.15, 0.2) is 0 Å². The lowest BCUT2D eigenvalue weighted by molar-refractivity contribution is 0.0265. The van der Waals surface area contributed by atoms with Gasteiger partial charge in [-0.2, -0.15) is 0 Å². The van der Waals surface area contributed by atoms with Crippen molar-refractivity contribution < 1.29 is 9.53 Å². The van der Waals surface area contributed by atoms with Crippen LogP contribution in [-0.2, 0) is 11.3 Å². The Bertz CT molecular complexity index is 432. The first-order valence-corrected chi connectivity index (χ1v) is 10.8. The first-order valence-electron chi connectivity index (χ1n) is 7.09. The van der Waals surface area contributed by atoms with Crippen molar-refractivity contribution in [3.05, 3.63) is 35.9 Å². The second-order valence-electron chi connectivity index (χ2n) is 7.38. The first-order chi connectivity index (χ1) is 9.07. The quantitative estimate of drug-likeness (QED) is 0.775. The number of amides is 1. The van der Waals surface area contributed by atoms with Crippen LogP contribution >= 0.6 is 0 Å². The van der Waals surface area contributed by atoms with E-state index >= 15 is 0 Å². The molecule has 0 bridgehead atoms. The van der Waals surface area contributed by atoms with Gasteiger partial charge in [-0.1, -0.05) is 50.0 Å². The van der Waals surface area contributed by atoms with Crippen LogP contribution in [-0.4, -0.2) is 30.8 Å². The molecule has 0 spiro atoms. The summed E-state index contributed by atoms with van der Waals surface area (Å²) in [6, 6.07) is 10.1. The number of ether oxygens (including phenoxy) is 1. The van der Waals surface area contributed by atoms with Crippen LogP contribution in [0.4, 0.5) is 4.79 Å². The average Bonchev–Trinajstić information content (AvgIpc) is 2.25. The van der Waals surface area contributed by atoms with E-state index in [2.05, 4.69) is 19.6 Å². The molecule has 1 aromatic carbocycles. The molecule has 0 saturated carbocycles. The Morgan fingerprint density at radius 3 is 2.15 bits per heavy atom. The van der Waals surface area contributed by atoms with E-state index in [1.165, 1.54) is 0 Å². The monoisotopic (exact) mass is 293 g/mol. The Labute approximate surface area is 123 Å². The van der Waals surface area contributed by atoms with Crippen molar-refractivity contribution in [2.45, 2.75) is 52.6 Å². The van der Waals surface area contributed by atoms with Crippen molar-refractivity contribution in [2.24, 2.45) is 0 Å². The van der Waals surface area contributed by atoms with E-state index in [0.29, 0.717) is 6.54 Å². The Hall–Kier alpha value is -1.29. The third-order valence-corrected chi connectivity index (χ3v) is 3.86. The molecule has 0 N–H and O–H groups in total. The lowest BCUT2D eigenvalue weighted by Crippen LogP contribution is -2.45. The molecule has 1 aromatic rings. The van der Waals surface area contributed by atoms with Gasteiger partial charge in [-0.15, -0.1) is 0 Å². The molecule has 0 fully saturated rings. The SMILES string of the molecule is CC(C)(C)OC(=O)N(Cc1ccccc1)C[Si](C)(C)C. The third kappa shape index (κ3) is 6.75.